The van der Waals surface area contributed by atoms with Gasteiger partial charge in [0.1, 0.15) is 0 Å². The molecule has 3 N–H and O–H groups in total. The van der Waals surface area contributed by atoms with E-state index in [1.165, 1.54) is 0 Å². The molecule has 0 saturated carbocycles. The lowest BCUT2D eigenvalue weighted by molar-refractivity contribution is 0.766. The average molecular weight is 212 g/mol. The summed E-state index contributed by atoms with van der Waals surface area (Å²) in [4.78, 5) is 1.14. The third-order valence-corrected chi connectivity index (χ3v) is 3.20. The van der Waals surface area contributed by atoms with Crippen LogP contribution in [0, 0.1) is 5.41 Å². The maximum Gasteiger partial charge on any atom is 0.0916 e. The van der Waals surface area contributed by atoms with Crippen molar-refractivity contribution in [1.82, 2.24) is 9.78 Å². The van der Waals surface area contributed by atoms with Crippen molar-refractivity contribution in [2.24, 2.45) is 12.8 Å². The second kappa shape index (κ2) is 5.05. The van der Waals surface area contributed by atoms with Gasteiger partial charge in [0.15, 0.2) is 0 Å². The standard InChI is InChI=1S/C9H16N4S/c1-3-7(4-9(10)11)14-8-5-12-13(2)6-8/h5-7H,3-4H2,1-2H3,(H3,10,11). The summed E-state index contributed by atoms with van der Waals surface area (Å²) >= 11 is 1.73. The Bertz CT molecular complexity index is 308. The Morgan fingerprint density at radius 1 is 1.79 bits per heavy atom. The Hall–Kier alpha value is -0.970. The van der Waals surface area contributed by atoms with E-state index in [9.17, 15) is 0 Å². The number of aromatic nitrogens is 2. The van der Waals surface area contributed by atoms with Crippen LogP contribution in [0.25, 0.3) is 0 Å². The van der Waals surface area contributed by atoms with Crippen LogP contribution in [0.5, 0.6) is 0 Å². The monoisotopic (exact) mass is 212 g/mol. The summed E-state index contributed by atoms with van der Waals surface area (Å²) < 4.78 is 1.78. The summed E-state index contributed by atoms with van der Waals surface area (Å²) in [5.41, 5.74) is 5.38. The first-order valence-electron chi connectivity index (χ1n) is 4.60. The van der Waals surface area contributed by atoms with E-state index in [0.29, 0.717) is 11.7 Å². The predicted octanol–water partition coefficient (Wildman–Crippen LogP) is 1.62. The summed E-state index contributed by atoms with van der Waals surface area (Å²) in [6.45, 7) is 2.11. The van der Waals surface area contributed by atoms with Crippen molar-refractivity contribution in [3.8, 4) is 0 Å². The minimum atomic E-state index is 0.258. The lowest BCUT2D eigenvalue weighted by Crippen LogP contribution is -2.16. The van der Waals surface area contributed by atoms with Gasteiger partial charge in [-0.15, -0.1) is 11.8 Å². The van der Waals surface area contributed by atoms with Gasteiger partial charge in [-0.05, 0) is 6.42 Å². The largest absolute Gasteiger partial charge is 0.388 e. The molecule has 0 bridgehead atoms. The maximum atomic E-state index is 7.24. The van der Waals surface area contributed by atoms with Crippen molar-refractivity contribution in [3.05, 3.63) is 12.4 Å². The first-order chi connectivity index (χ1) is 6.61. The number of nitrogens with one attached hydrogen (secondary N) is 1. The molecule has 0 saturated heterocycles. The van der Waals surface area contributed by atoms with Crippen LogP contribution in [0.4, 0.5) is 0 Å². The third kappa shape index (κ3) is 3.41. The highest BCUT2D eigenvalue weighted by molar-refractivity contribution is 8.00. The molecule has 0 spiro atoms. The zero-order valence-electron chi connectivity index (χ0n) is 8.53. The molecule has 0 amide bonds. The van der Waals surface area contributed by atoms with Gasteiger partial charge in [0, 0.05) is 29.8 Å². The SMILES string of the molecule is CCC(CC(=N)N)Sc1cnn(C)c1. The molecule has 1 unspecified atom stereocenters. The molecular weight excluding hydrogens is 196 g/mol. The molecule has 0 aliphatic rings. The Balaban J connectivity index is 2.52. The molecule has 5 heteroatoms. The van der Waals surface area contributed by atoms with Gasteiger partial charge in [-0.1, -0.05) is 6.92 Å². The van der Waals surface area contributed by atoms with Crippen LogP contribution >= 0.6 is 11.8 Å². The highest BCUT2D eigenvalue weighted by atomic mass is 32.2. The molecule has 1 rings (SSSR count). The van der Waals surface area contributed by atoms with Crippen LogP contribution in [0.2, 0.25) is 0 Å². The molecule has 4 nitrogen and oxygen atoms in total. The van der Waals surface area contributed by atoms with Gasteiger partial charge in [-0.3, -0.25) is 10.1 Å². The van der Waals surface area contributed by atoms with Crippen LogP contribution in [0.3, 0.4) is 0 Å². The number of amidine groups is 1. The summed E-state index contributed by atoms with van der Waals surface area (Å²) in [7, 11) is 1.90. The summed E-state index contributed by atoms with van der Waals surface area (Å²) in [6.07, 6.45) is 5.48. The van der Waals surface area contributed by atoms with E-state index in [1.807, 2.05) is 19.4 Å². The van der Waals surface area contributed by atoms with E-state index < -0.39 is 0 Å². The number of rotatable bonds is 5. The average Bonchev–Trinajstić information content (AvgIpc) is 2.49. The zero-order chi connectivity index (χ0) is 10.6. The predicted molar refractivity (Wildman–Crippen MR) is 59.7 cm³/mol. The summed E-state index contributed by atoms with van der Waals surface area (Å²) in [5.74, 6) is 0.258. The second-order valence-electron chi connectivity index (χ2n) is 3.23. The highest BCUT2D eigenvalue weighted by Gasteiger charge is 2.10. The fourth-order valence-electron chi connectivity index (χ4n) is 1.17. The third-order valence-electron chi connectivity index (χ3n) is 1.89. The van der Waals surface area contributed by atoms with E-state index in [0.717, 1.165) is 11.3 Å². The molecule has 1 heterocycles. The Labute approximate surface area is 88.4 Å². The Morgan fingerprint density at radius 2 is 2.50 bits per heavy atom. The lowest BCUT2D eigenvalue weighted by Gasteiger charge is -2.11. The molecule has 0 aliphatic carbocycles. The van der Waals surface area contributed by atoms with E-state index in [1.54, 1.807) is 16.4 Å². The smallest absolute Gasteiger partial charge is 0.0916 e. The van der Waals surface area contributed by atoms with E-state index in [4.69, 9.17) is 11.1 Å². The first-order valence-corrected chi connectivity index (χ1v) is 5.48. The normalized spacial score (nSPS) is 12.7. The van der Waals surface area contributed by atoms with Crippen LogP contribution in [0.15, 0.2) is 17.3 Å². The van der Waals surface area contributed by atoms with E-state index >= 15 is 0 Å². The van der Waals surface area contributed by atoms with Gasteiger partial charge in [0.25, 0.3) is 0 Å². The van der Waals surface area contributed by atoms with Crippen molar-refractivity contribution in [1.29, 1.82) is 5.41 Å². The molecule has 1 aromatic rings. The topological polar surface area (TPSA) is 67.7 Å². The molecule has 14 heavy (non-hydrogen) atoms. The number of nitrogens with two attached hydrogens (primary N) is 1. The molecule has 0 radical (unpaired) electrons. The van der Waals surface area contributed by atoms with Crippen molar-refractivity contribution < 1.29 is 0 Å². The Morgan fingerprint density at radius 3 is 2.93 bits per heavy atom. The van der Waals surface area contributed by atoms with Crippen LogP contribution in [0.1, 0.15) is 19.8 Å². The molecule has 1 atom stereocenters. The minimum absolute atomic E-state index is 0.258. The van der Waals surface area contributed by atoms with Crippen LogP contribution in [-0.2, 0) is 7.05 Å². The van der Waals surface area contributed by atoms with Gasteiger partial charge in [-0.25, -0.2) is 0 Å². The highest BCUT2D eigenvalue weighted by Crippen LogP contribution is 2.26. The maximum absolute atomic E-state index is 7.24. The minimum Gasteiger partial charge on any atom is -0.388 e. The quantitative estimate of drug-likeness (QED) is 0.443. The zero-order valence-corrected chi connectivity index (χ0v) is 9.34. The second-order valence-corrected chi connectivity index (χ2v) is 4.60. The van der Waals surface area contributed by atoms with Crippen molar-refractivity contribution in [3.63, 3.8) is 0 Å². The molecule has 0 aromatic carbocycles. The summed E-state index contributed by atoms with van der Waals surface area (Å²) in [5, 5.41) is 11.7. The van der Waals surface area contributed by atoms with E-state index in [-0.39, 0.29) is 5.84 Å². The van der Waals surface area contributed by atoms with Crippen molar-refractivity contribution in [2.45, 2.75) is 29.9 Å². The number of hydrogen-bond donors (Lipinski definition) is 2. The van der Waals surface area contributed by atoms with Crippen LogP contribution < -0.4 is 5.73 Å². The molecule has 78 valence electrons. The van der Waals surface area contributed by atoms with Gasteiger partial charge in [0.2, 0.25) is 0 Å². The first kappa shape index (κ1) is 11.1. The van der Waals surface area contributed by atoms with Crippen LogP contribution in [-0.4, -0.2) is 20.9 Å². The van der Waals surface area contributed by atoms with E-state index in [2.05, 4.69) is 12.0 Å². The van der Waals surface area contributed by atoms with Gasteiger partial charge in [0.05, 0.1) is 12.0 Å². The molecule has 1 aromatic heterocycles. The number of thioether (sulfide) groups is 1. The van der Waals surface area contributed by atoms with Gasteiger partial charge in [-0.2, -0.15) is 5.10 Å². The van der Waals surface area contributed by atoms with Gasteiger partial charge >= 0.3 is 0 Å². The molecule has 0 fully saturated rings. The summed E-state index contributed by atoms with van der Waals surface area (Å²) in [6, 6.07) is 0. The van der Waals surface area contributed by atoms with Crippen molar-refractivity contribution >= 4 is 17.6 Å². The number of nitrogens with zero attached hydrogens (tertiary/aromatic N) is 2. The number of aryl methyl sites for hydroxylation is 1. The lowest BCUT2D eigenvalue weighted by atomic mass is 10.2. The molecule has 0 aliphatic heterocycles. The van der Waals surface area contributed by atoms with Gasteiger partial charge < -0.3 is 5.73 Å². The fraction of sp³-hybridized carbons (Fsp3) is 0.556. The Kier molecular flexibility index (Phi) is 4.00. The molecular formula is C9H16N4S. The fourth-order valence-corrected chi connectivity index (χ4v) is 2.30. The van der Waals surface area contributed by atoms with Crippen molar-refractivity contribution in [2.75, 3.05) is 0 Å². The number of hydrogen-bond acceptors (Lipinski definition) is 3.